The van der Waals surface area contributed by atoms with E-state index in [4.69, 9.17) is 33.7 Å². The van der Waals surface area contributed by atoms with Gasteiger partial charge in [-0.25, -0.2) is 0 Å². The van der Waals surface area contributed by atoms with Crippen LogP contribution in [0, 0.1) is 0 Å². The Morgan fingerprint density at radius 3 is 2.67 bits per heavy atom. The van der Waals surface area contributed by atoms with E-state index in [0.717, 1.165) is 5.56 Å². The molecule has 0 spiro atoms. The summed E-state index contributed by atoms with van der Waals surface area (Å²) in [4.78, 5) is 0. The van der Waals surface area contributed by atoms with Crippen LogP contribution in [0.2, 0.25) is 5.02 Å². The number of hydrogen-bond acceptors (Lipinski definition) is 2. The minimum atomic E-state index is 0.364. The number of ether oxygens (including phenoxy) is 1. The summed E-state index contributed by atoms with van der Waals surface area (Å²) in [6.45, 7) is 0. The molecule has 2 N–H and O–H groups in total. The fourth-order valence-electron chi connectivity index (χ4n) is 0.905. The molecule has 0 fully saturated rings. The van der Waals surface area contributed by atoms with Crippen LogP contribution in [-0.4, -0.2) is 7.11 Å². The first kappa shape index (κ1) is 9.49. The van der Waals surface area contributed by atoms with Crippen molar-refractivity contribution in [1.82, 2.24) is 0 Å². The molecule has 0 aliphatic heterocycles. The molecule has 0 saturated carbocycles. The van der Waals surface area contributed by atoms with Crippen LogP contribution in [0.15, 0.2) is 12.1 Å². The Bertz CT molecular complexity index is 260. The number of nitrogens with two attached hydrogens (primary N) is 1. The molecule has 66 valence electrons. The monoisotopic (exact) mass is 205 g/mol. The third kappa shape index (κ3) is 1.76. The first-order valence-electron chi connectivity index (χ1n) is 3.37. The van der Waals surface area contributed by atoms with Gasteiger partial charge in [-0.05, 0) is 6.07 Å². The highest BCUT2D eigenvalue weighted by molar-refractivity contribution is 6.33. The highest BCUT2D eigenvalue weighted by Gasteiger charge is 2.05. The van der Waals surface area contributed by atoms with E-state index in [1.807, 2.05) is 0 Å². The van der Waals surface area contributed by atoms with Crippen molar-refractivity contribution in [3.8, 4) is 5.75 Å². The summed E-state index contributed by atoms with van der Waals surface area (Å²) in [6, 6.07) is 3.38. The average Bonchev–Trinajstić information content (AvgIpc) is 2.09. The molecular weight excluding hydrogens is 197 g/mol. The Morgan fingerprint density at radius 1 is 1.50 bits per heavy atom. The molecule has 0 aromatic heterocycles. The van der Waals surface area contributed by atoms with Crippen molar-refractivity contribution < 1.29 is 4.74 Å². The molecule has 0 radical (unpaired) electrons. The van der Waals surface area contributed by atoms with E-state index in [0.29, 0.717) is 22.3 Å². The Labute approximate surface area is 81.2 Å². The Kier molecular flexibility index (Phi) is 3.06. The predicted octanol–water partition coefficient (Wildman–Crippen LogP) is 2.67. The molecule has 2 nitrogen and oxygen atoms in total. The van der Waals surface area contributed by atoms with E-state index in [9.17, 15) is 0 Å². The first-order valence-corrected chi connectivity index (χ1v) is 4.28. The van der Waals surface area contributed by atoms with Crippen molar-refractivity contribution in [2.75, 3.05) is 12.8 Å². The van der Waals surface area contributed by atoms with E-state index in [2.05, 4.69) is 0 Å². The SMILES string of the molecule is COc1cc(N)c(Cl)cc1CCl. The third-order valence-electron chi connectivity index (χ3n) is 1.54. The largest absolute Gasteiger partial charge is 0.496 e. The van der Waals surface area contributed by atoms with Crippen LogP contribution in [0.4, 0.5) is 5.69 Å². The fourth-order valence-corrected chi connectivity index (χ4v) is 1.30. The second kappa shape index (κ2) is 3.87. The second-order valence-corrected chi connectivity index (χ2v) is 2.99. The van der Waals surface area contributed by atoms with Gasteiger partial charge in [-0.3, -0.25) is 0 Å². The zero-order valence-electron chi connectivity index (χ0n) is 6.60. The lowest BCUT2D eigenvalue weighted by Gasteiger charge is -2.07. The minimum absolute atomic E-state index is 0.364. The molecule has 0 aliphatic rings. The first-order chi connectivity index (χ1) is 5.69. The Hall–Kier alpha value is -0.600. The fraction of sp³-hybridized carbons (Fsp3) is 0.250. The summed E-state index contributed by atoms with van der Waals surface area (Å²) >= 11 is 11.4. The summed E-state index contributed by atoms with van der Waals surface area (Å²) in [5.41, 5.74) is 6.91. The highest BCUT2D eigenvalue weighted by atomic mass is 35.5. The number of nitrogen functional groups attached to an aromatic ring is 1. The zero-order valence-corrected chi connectivity index (χ0v) is 8.12. The van der Waals surface area contributed by atoms with Crippen LogP contribution in [0.25, 0.3) is 0 Å². The maximum absolute atomic E-state index is 5.78. The average molecular weight is 206 g/mol. The summed E-state index contributed by atoms with van der Waals surface area (Å²) in [6.07, 6.45) is 0. The second-order valence-electron chi connectivity index (χ2n) is 2.32. The zero-order chi connectivity index (χ0) is 9.14. The summed E-state index contributed by atoms with van der Waals surface area (Å²) in [7, 11) is 1.57. The number of benzene rings is 1. The van der Waals surface area contributed by atoms with Crippen LogP contribution in [0.3, 0.4) is 0 Å². The molecule has 0 unspecified atom stereocenters. The van der Waals surface area contributed by atoms with Crippen molar-refractivity contribution in [2.24, 2.45) is 0 Å². The van der Waals surface area contributed by atoms with Gasteiger partial charge < -0.3 is 10.5 Å². The number of halogens is 2. The lowest BCUT2D eigenvalue weighted by atomic mass is 10.2. The topological polar surface area (TPSA) is 35.2 Å². The van der Waals surface area contributed by atoms with E-state index in [-0.39, 0.29) is 0 Å². The van der Waals surface area contributed by atoms with Gasteiger partial charge in [-0.1, -0.05) is 11.6 Å². The Morgan fingerprint density at radius 2 is 2.17 bits per heavy atom. The molecule has 0 bridgehead atoms. The smallest absolute Gasteiger partial charge is 0.125 e. The molecule has 1 aromatic rings. The molecule has 12 heavy (non-hydrogen) atoms. The van der Waals surface area contributed by atoms with Crippen LogP contribution in [0.1, 0.15) is 5.56 Å². The van der Waals surface area contributed by atoms with E-state index in [1.54, 1.807) is 19.2 Å². The van der Waals surface area contributed by atoms with Gasteiger partial charge in [0.25, 0.3) is 0 Å². The third-order valence-corrected chi connectivity index (χ3v) is 2.16. The molecule has 0 heterocycles. The quantitative estimate of drug-likeness (QED) is 0.596. The molecule has 0 saturated heterocycles. The normalized spacial score (nSPS) is 9.92. The number of alkyl halides is 1. The van der Waals surface area contributed by atoms with Crippen molar-refractivity contribution in [2.45, 2.75) is 5.88 Å². The highest BCUT2D eigenvalue weighted by Crippen LogP contribution is 2.29. The summed E-state index contributed by atoms with van der Waals surface area (Å²) in [5, 5.41) is 0.506. The van der Waals surface area contributed by atoms with Crippen molar-refractivity contribution in [3.05, 3.63) is 22.7 Å². The molecule has 0 atom stereocenters. The lowest BCUT2D eigenvalue weighted by molar-refractivity contribution is 0.411. The molecule has 1 rings (SSSR count). The van der Waals surface area contributed by atoms with Gasteiger partial charge in [0.15, 0.2) is 0 Å². The Balaban J connectivity index is 3.19. The standard InChI is InChI=1S/C8H9Cl2NO/c1-12-8-3-7(11)6(10)2-5(8)4-9/h2-3H,4,11H2,1H3. The van der Waals surface area contributed by atoms with Crippen LogP contribution in [0.5, 0.6) is 5.75 Å². The number of hydrogen-bond donors (Lipinski definition) is 1. The number of anilines is 1. The van der Waals surface area contributed by atoms with Crippen molar-refractivity contribution in [3.63, 3.8) is 0 Å². The number of rotatable bonds is 2. The van der Waals surface area contributed by atoms with Crippen LogP contribution in [-0.2, 0) is 5.88 Å². The van der Waals surface area contributed by atoms with Gasteiger partial charge in [-0.15, -0.1) is 11.6 Å². The summed E-state index contributed by atoms with van der Waals surface area (Å²) in [5.74, 6) is 1.04. The maximum Gasteiger partial charge on any atom is 0.125 e. The molecule has 0 aliphatic carbocycles. The van der Waals surface area contributed by atoms with E-state index in [1.165, 1.54) is 0 Å². The molecular formula is C8H9Cl2NO. The van der Waals surface area contributed by atoms with Gasteiger partial charge in [0.05, 0.1) is 23.7 Å². The van der Waals surface area contributed by atoms with Crippen LogP contribution < -0.4 is 10.5 Å². The molecule has 1 aromatic carbocycles. The number of methoxy groups -OCH3 is 1. The van der Waals surface area contributed by atoms with Crippen LogP contribution >= 0.6 is 23.2 Å². The van der Waals surface area contributed by atoms with Gasteiger partial charge in [-0.2, -0.15) is 0 Å². The molecule has 0 amide bonds. The van der Waals surface area contributed by atoms with E-state index < -0.39 is 0 Å². The predicted molar refractivity (Wildman–Crippen MR) is 52.0 cm³/mol. The van der Waals surface area contributed by atoms with E-state index >= 15 is 0 Å². The lowest BCUT2D eigenvalue weighted by Crippen LogP contribution is -1.93. The van der Waals surface area contributed by atoms with Gasteiger partial charge >= 0.3 is 0 Å². The van der Waals surface area contributed by atoms with Crippen molar-refractivity contribution in [1.29, 1.82) is 0 Å². The minimum Gasteiger partial charge on any atom is -0.496 e. The maximum atomic E-state index is 5.78. The van der Waals surface area contributed by atoms with Gasteiger partial charge in [0, 0.05) is 11.6 Å². The van der Waals surface area contributed by atoms with Gasteiger partial charge in [0.1, 0.15) is 5.75 Å². The molecule has 4 heteroatoms. The van der Waals surface area contributed by atoms with Gasteiger partial charge in [0.2, 0.25) is 0 Å². The van der Waals surface area contributed by atoms with Crippen molar-refractivity contribution >= 4 is 28.9 Å². The summed E-state index contributed by atoms with van der Waals surface area (Å²) < 4.78 is 5.05.